The van der Waals surface area contributed by atoms with E-state index in [4.69, 9.17) is 0 Å². The smallest absolute Gasteiger partial charge is 0.0828 e. The Morgan fingerprint density at radius 1 is 1.70 bits per heavy atom. The number of hydrogen-bond donors (Lipinski definition) is 0. The molecule has 0 aromatic heterocycles. The van der Waals surface area contributed by atoms with Gasteiger partial charge < -0.3 is 0 Å². The van der Waals surface area contributed by atoms with Crippen molar-refractivity contribution in [1.82, 2.24) is 0 Å². The van der Waals surface area contributed by atoms with E-state index in [0.29, 0.717) is 5.92 Å². The van der Waals surface area contributed by atoms with Gasteiger partial charge in [-0.3, -0.25) is 0 Å². The number of hydrogen-bond acceptors (Lipinski definition) is 0. The molecule has 10 heavy (non-hydrogen) atoms. The van der Waals surface area contributed by atoms with Crippen LogP contribution in [0.3, 0.4) is 0 Å². The first-order valence-electron chi connectivity index (χ1n) is 3.70. The van der Waals surface area contributed by atoms with Crippen LogP contribution in [-0.2, 0) is 5.11 Å². The van der Waals surface area contributed by atoms with E-state index in [1.807, 2.05) is 6.92 Å². The quantitative estimate of drug-likeness (QED) is 0.533. The minimum absolute atomic E-state index is 0.0114. The molecule has 1 unspecified atom stereocenters. The molecule has 0 rings (SSSR count). The molecule has 0 aliphatic heterocycles. The normalized spacial score (nSPS) is 12.3. The Morgan fingerprint density at radius 2 is 2.30 bits per heavy atom. The highest BCUT2D eigenvalue weighted by molar-refractivity contribution is 4.99. The molecule has 0 bridgehead atoms. The van der Waals surface area contributed by atoms with E-state index in [2.05, 4.69) is 19.2 Å². The molecule has 0 aliphatic rings. The molecule has 0 spiro atoms. The van der Waals surface area contributed by atoms with Crippen LogP contribution < -0.4 is 0 Å². The predicted octanol–water partition coefficient (Wildman–Crippen LogP) is 2.56. The zero-order valence-corrected chi connectivity index (χ0v) is 6.81. The highest BCUT2D eigenvalue weighted by Crippen LogP contribution is 2.16. The van der Waals surface area contributed by atoms with Crippen molar-refractivity contribution >= 4 is 0 Å². The van der Waals surface area contributed by atoms with Crippen molar-refractivity contribution in [3.05, 3.63) is 17.9 Å². The molecule has 1 radical (unpaired) electrons. The van der Waals surface area contributed by atoms with Crippen LogP contribution in [0.15, 0.2) is 17.9 Å². The predicted molar refractivity (Wildman–Crippen MR) is 42.3 cm³/mol. The van der Waals surface area contributed by atoms with Crippen LogP contribution in [0.5, 0.6) is 0 Å². The lowest BCUT2D eigenvalue weighted by Gasteiger charge is -2.10. The van der Waals surface area contributed by atoms with E-state index in [1.54, 1.807) is 0 Å². The maximum atomic E-state index is 10.3. The van der Waals surface area contributed by atoms with Crippen molar-refractivity contribution in [2.24, 2.45) is 5.92 Å². The Labute approximate surface area is 63.1 Å². The molecule has 0 aromatic carbocycles. The van der Waals surface area contributed by atoms with Crippen molar-refractivity contribution in [1.29, 1.82) is 0 Å². The first-order valence-corrected chi connectivity index (χ1v) is 3.70. The molecular formula is C9H15O. The van der Waals surface area contributed by atoms with Gasteiger partial charge in [-0.2, -0.15) is 0 Å². The summed E-state index contributed by atoms with van der Waals surface area (Å²) < 4.78 is 0. The second-order valence-corrected chi connectivity index (χ2v) is 2.46. The Kier molecular flexibility index (Phi) is 5.00. The first-order chi connectivity index (χ1) is 4.76. The summed E-state index contributed by atoms with van der Waals surface area (Å²) in [4.78, 5) is 0. The Hall–Kier alpha value is -0.520. The number of allylic oxidation sites excluding steroid dienone is 1. The minimum Gasteiger partial charge on any atom is -0.237 e. The summed E-state index contributed by atoms with van der Waals surface area (Å²) in [5, 5.41) is 10.3. The Bertz CT molecular complexity index is 132. The highest BCUT2D eigenvalue weighted by atomic mass is 16.3. The summed E-state index contributed by atoms with van der Waals surface area (Å²) in [7, 11) is 0. The molecule has 0 saturated carbocycles. The molecule has 1 heteroatoms. The summed E-state index contributed by atoms with van der Waals surface area (Å²) in [6.07, 6.45) is 1.75. The van der Waals surface area contributed by atoms with Crippen LogP contribution in [0.1, 0.15) is 26.7 Å². The topological polar surface area (TPSA) is 19.9 Å². The van der Waals surface area contributed by atoms with E-state index < -0.39 is 0 Å². The third-order valence-electron chi connectivity index (χ3n) is 1.85. The van der Waals surface area contributed by atoms with Crippen molar-refractivity contribution < 1.29 is 5.11 Å². The van der Waals surface area contributed by atoms with E-state index >= 15 is 0 Å². The third kappa shape index (κ3) is 2.86. The molecule has 0 aliphatic carbocycles. The van der Waals surface area contributed by atoms with Gasteiger partial charge in [0.2, 0.25) is 0 Å². The molecule has 0 heterocycles. The van der Waals surface area contributed by atoms with Gasteiger partial charge in [-0.15, -0.1) is 5.73 Å². The van der Waals surface area contributed by atoms with Gasteiger partial charge in [-0.05, 0) is 31.3 Å². The zero-order chi connectivity index (χ0) is 7.98. The van der Waals surface area contributed by atoms with Gasteiger partial charge in [-0.25, -0.2) is 5.11 Å². The maximum Gasteiger partial charge on any atom is 0.0828 e. The van der Waals surface area contributed by atoms with E-state index in [-0.39, 0.29) is 6.61 Å². The lowest BCUT2D eigenvalue weighted by Crippen LogP contribution is -2.01. The molecular weight excluding hydrogens is 124 g/mol. The molecule has 0 aromatic rings. The fourth-order valence-corrected chi connectivity index (χ4v) is 1.01. The van der Waals surface area contributed by atoms with Gasteiger partial charge in [0.15, 0.2) is 0 Å². The summed E-state index contributed by atoms with van der Waals surface area (Å²) in [6, 6.07) is 0. The molecule has 1 nitrogen and oxygen atoms in total. The van der Waals surface area contributed by atoms with Crippen LogP contribution in [0.2, 0.25) is 0 Å². The second kappa shape index (κ2) is 5.28. The molecule has 0 saturated heterocycles. The van der Waals surface area contributed by atoms with E-state index in [0.717, 1.165) is 18.4 Å². The summed E-state index contributed by atoms with van der Waals surface area (Å²) in [5.41, 5.74) is 3.95. The van der Waals surface area contributed by atoms with Crippen LogP contribution in [0, 0.1) is 5.92 Å². The summed E-state index contributed by atoms with van der Waals surface area (Å²) in [6.45, 7) is 7.63. The minimum atomic E-state index is 0.0114. The van der Waals surface area contributed by atoms with Crippen molar-refractivity contribution in [2.45, 2.75) is 26.7 Å². The molecule has 57 valence electrons. The Morgan fingerprint density at radius 3 is 2.60 bits per heavy atom. The number of rotatable bonds is 4. The zero-order valence-electron chi connectivity index (χ0n) is 6.81. The van der Waals surface area contributed by atoms with Gasteiger partial charge in [0.1, 0.15) is 0 Å². The summed E-state index contributed by atoms with van der Waals surface area (Å²) in [5.74, 6) is 0.412. The van der Waals surface area contributed by atoms with Gasteiger partial charge in [0.05, 0.1) is 6.61 Å². The largest absolute Gasteiger partial charge is 0.237 e. The highest BCUT2D eigenvalue weighted by Gasteiger charge is 2.06. The third-order valence-corrected chi connectivity index (χ3v) is 1.85. The van der Waals surface area contributed by atoms with Gasteiger partial charge in [0, 0.05) is 0 Å². The lowest BCUT2D eigenvalue weighted by atomic mass is 9.95. The van der Waals surface area contributed by atoms with Crippen LogP contribution >= 0.6 is 0 Å². The monoisotopic (exact) mass is 139 g/mol. The van der Waals surface area contributed by atoms with Crippen LogP contribution in [-0.4, -0.2) is 6.61 Å². The van der Waals surface area contributed by atoms with Gasteiger partial charge in [-0.1, -0.05) is 13.5 Å². The van der Waals surface area contributed by atoms with Crippen molar-refractivity contribution in [2.75, 3.05) is 6.61 Å². The van der Waals surface area contributed by atoms with Crippen LogP contribution in [0.25, 0.3) is 0 Å². The average molecular weight is 139 g/mol. The second-order valence-electron chi connectivity index (χ2n) is 2.46. The average Bonchev–Trinajstić information content (AvgIpc) is 1.99. The molecule has 1 atom stereocenters. The Balaban J connectivity index is 3.93. The van der Waals surface area contributed by atoms with E-state index in [9.17, 15) is 5.11 Å². The standard InChI is InChI=1S/C9H15O/c1-4-8(3)9(5-2)6-7-10/h9H,1,5-7H2,2-3H3. The van der Waals surface area contributed by atoms with Gasteiger partial charge >= 0.3 is 0 Å². The van der Waals surface area contributed by atoms with Crippen molar-refractivity contribution in [3.8, 4) is 0 Å². The van der Waals surface area contributed by atoms with Gasteiger partial charge in [0.25, 0.3) is 0 Å². The molecule has 0 N–H and O–H groups in total. The lowest BCUT2D eigenvalue weighted by molar-refractivity contribution is 0.175. The fourth-order valence-electron chi connectivity index (χ4n) is 1.01. The maximum absolute atomic E-state index is 10.3. The summed E-state index contributed by atoms with van der Waals surface area (Å²) >= 11 is 0. The molecule has 0 amide bonds. The fraction of sp³-hybridized carbons (Fsp3) is 0.667. The van der Waals surface area contributed by atoms with E-state index in [1.165, 1.54) is 0 Å². The van der Waals surface area contributed by atoms with Crippen molar-refractivity contribution in [3.63, 3.8) is 0 Å². The molecule has 0 fully saturated rings. The van der Waals surface area contributed by atoms with Crippen LogP contribution in [0.4, 0.5) is 0 Å². The SMILES string of the molecule is C=C=C(C)C(CC)CC[O]. The first kappa shape index (κ1) is 9.48.